The molecule has 3 rings (SSSR count). The van der Waals surface area contributed by atoms with Crippen molar-refractivity contribution in [3.63, 3.8) is 0 Å². The second-order valence-corrected chi connectivity index (χ2v) is 5.14. The zero-order chi connectivity index (χ0) is 13.6. The minimum Gasteiger partial charge on any atom is -0.369 e. The first-order valence-corrected chi connectivity index (χ1v) is 6.44. The van der Waals surface area contributed by atoms with E-state index in [-0.39, 0.29) is 11.5 Å². The van der Waals surface area contributed by atoms with Crippen molar-refractivity contribution < 1.29 is 8.78 Å². The van der Waals surface area contributed by atoms with E-state index >= 15 is 0 Å². The zero-order valence-corrected chi connectivity index (χ0v) is 10.8. The maximum absolute atomic E-state index is 13.6. The van der Waals surface area contributed by atoms with E-state index in [0.717, 1.165) is 16.8 Å². The number of fused-ring (bicyclic) bond motifs is 1. The van der Waals surface area contributed by atoms with Crippen LogP contribution in [0.5, 0.6) is 0 Å². The fourth-order valence-electron chi connectivity index (χ4n) is 1.94. The van der Waals surface area contributed by atoms with Gasteiger partial charge in [-0.1, -0.05) is 0 Å². The number of anilines is 1. The molecular weight excluding hydrogens is 270 g/mol. The van der Waals surface area contributed by atoms with Crippen LogP contribution in [0.15, 0.2) is 17.5 Å². The SMILES string of the molecule is Cc1csc(Cn2c(N)nc3c(F)cc(F)cc32)n1. The van der Waals surface area contributed by atoms with Crippen molar-refractivity contribution in [1.29, 1.82) is 0 Å². The van der Waals surface area contributed by atoms with Gasteiger partial charge in [-0.2, -0.15) is 0 Å². The van der Waals surface area contributed by atoms with E-state index < -0.39 is 11.6 Å². The molecule has 2 aromatic heterocycles. The van der Waals surface area contributed by atoms with Crippen LogP contribution in [0.2, 0.25) is 0 Å². The highest BCUT2D eigenvalue weighted by molar-refractivity contribution is 7.09. The summed E-state index contributed by atoms with van der Waals surface area (Å²) in [6.07, 6.45) is 0. The van der Waals surface area contributed by atoms with Crippen LogP contribution in [0.3, 0.4) is 0 Å². The number of nitrogen functional groups attached to an aromatic ring is 1. The topological polar surface area (TPSA) is 56.7 Å². The van der Waals surface area contributed by atoms with Crippen molar-refractivity contribution in [3.05, 3.63) is 39.8 Å². The van der Waals surface area contributed by atoms with Crippen LogP contribution >= 0.6 is 11.3 Å². The molecule has 0 aliphatic rings. The minimum absolute atomic E-state index is 0.0761. The summed E-state index contributed by atoms with van der Waals surface area (Å²) in [6, 6.07) is 2.02. The van der Waals surface area contributed by atoms with Crippen LogP contribution in [-0.2, 0) is 6.54 Å². The number of rotatable bonds is 2. The summed E-state index contributed by atoms with van der Waals surface area (Å²) in [4.78, 5) is 8.24. The average molecular weight is 280 g/mol. The number of aromatic nitrogens is 3. The number of aryl methyl sites for hydroxylation is 1. The largest absolute Gasteiger partial charge is 0.369 e. The lowest BCUT2D eigenvalue weighted by atomic mass is 10.3. The van der Waals surface area contributed by atoms with Crippen molar-refractivity contribution in [2.24, 2.45) is 0 Å². The first-order valence-electron chi connectivity index (χ1n) is 5.56. The fraction of sp³-hybridized carbons (Fsp3) is 0.167. The van der Waals surface area contributed by atoms with E-state index in [1.807, 2.05) is 12.3 Å². The Kier molecular flexibility index (Phi) is 2.70. The van der Waals surface area contributed by atoms with Crippen LogP contribution in [0.1, 0.15) is 10.7 Å². The first kappa shape index (κ1) is 12.0. The van der Waals surface area contributed by atoms with E-state index in [4.69, 9.17) is 5.73 Å². The lowest BCUT2D eigenvalue weighted by Crippen LogP contribution is -2.04. The highest BCUT2D eigenvalue weighted by atomic mass is 32.1. The van der Waals surface area contributed by atoms with Gasteiger partial charge in [0.25, 0.3) is 0 Å². The molecule has 98 valence electrons. The summed E-state index contributed by atoms with van der Waals surface area (Å²) in [6.45, 7) is 2.23. The van der Waals surface area contributed by atoms with Gasteiger partial charge in [0, 0.05) is 23.2 Å². The Hall–Kier alpha value is -2.02. The predicted molar refractivity (Wildman–Crippen MR) is 70.0 cm³/mol. The Bertz CT molecular complexity index is 763. The number of hydrogen-bond acceptors (Lipinski definition) is 4. The second kappa shape index (κ2) is 4.27. The summed E-state index contributed by atoms with van der Waals surface area (Å²) < 4.78 is 28.4. The van der Waals surface area contributed by atoms with Crippen LogP contribution in [0, 0.1) is 18.6 Å². The molecule has 19 heavy (non-hydrogen) atoms. The molecule has 0 spiro atoms. The van der Waals surface area contributed by atoms with Gasteiger partial charge in [-0.05, 0) is 6.92 Å². The Morgan fingerprint density at radius 2 is 2.11 bits per heavy atom. The quantitative estimate of drug-likeness (QED) is 0.785. The van der Waals surface area contributed by atoms with Gasteiger partial charge in [0.15, 0.2) is 5.82 Å². The van der Waals surface area contributed by atoms with Gasteiger partial charge in [0.2, 0.25) is 5.95 Å². The molecule has 7 heteroatoms. The molecule has 3 aromatic rings. The van der Waals surface area contributed by atoms with E-state index in [1.165, 1.54) is 17.4 Å². The van der Waals surface area contributed by atoms with Gasteiger partial charge in [-0.15, -0.1) is 11.3 Å². The number of nitrogens with zero attached hydrogens (tertiary/aromatic N) is 3. The first-order chi connectivity index (χ1) is 9.04. The summed E-state index contributed by atoms with van der Waals surface area (Å²) in [7, 11) is 0. The third-order valence-corrected chi connectivity index (χ3v) is 3.71. The molecule has 0 unspecified atom stereocenters. The molecule has 1 aromatic carbocycles. The normalized spacial score (nSPS) is 11.3. The van der Waals surface area contributed by atoms with Gasteiger partial charge < -0.3 is 10.3 Å². The molecule has 4 nitrogen and oxygen atoms in total. The number of hydrogen-bond donors (Lipinski definition) is 1. The molecule has 0 bridgehead atoms. The number of halogens is 2. The molecule has 0 radical (unpaired) electrons. The predicted octanol–water partition coefficient (Wildman–Crippen LogP) is 2.71. The Morgan fingerprint density at radius 3 is 2.79 bits per heavy atom. The monoisotopic (exact) mass is 280 g/mol. The number of benzene rings is 1. The van der Waals surface area contributed by atoms with Crippen LogP contribution in [-0.4, -0.2) is 14.5 Å². The van der Waals surface area contributed by atoms with E-state index in [9.17, 15) is 8.78 Å². The molecule has 0 aliphatic heterocycles. The Balaban J connectivity index is 2.15. The maximum atomic E-state index is 13.6. The van der Waals surface area contributed by atoms with E-state index in [2.05, 4.69) is 9.97 Å². The molecule has 0 saturated heterocycles. The van der Waals surface area contributed by atoms with Gasteiger partial charge >= 0.3 is 0 Å². The third kappa shape index (κ3) is 2.06. The highest BCUT2D eigenvalue weighted by Crippen LogP contribution is 2.24. The second-order valence-electron chi connectivity index (χ2n) is 4.19. The molecule has 0 atom stereocenters. The van der Waals surface area contributed by atoms with Gasteiger partial charge in [-0.25, -0.2) is 18.7 Å². The fourth-order valence-corrected chi connectivity index (χ4v) is 2.70. The molecule has 0 fully saturated rings. The summed E-state index contributed by atoms with van der Waals surface area (Å²) in [5.41, 5.74) is 7.08. The average Bonchev–Trinajstić information content (AvgIpc) is 2.87. The van der Waals surface area contributed by atoms with Crippen molar-refractivity contribution >= 4 is 28.3 Å². The summed E-state index contributed by atoms with van der Waals surface area (Å²) in [5, 5.41) is 2.72. The Morgan fingerprint density at radius 1 is 1.32 bits per heavy atom. The van der Waals surface area contributed by atoms with Crippen LogP contribution < -0.4 is 5.73 Å². The summed E-state index contributed by atoms with van der Waals surface area (Å²) in [5.74, 6) is -1.22. The highest BCUT2D eigenvalue weighted by Gasteiger charge is 2.14. The lowest BCUT2D eigenvalue weighted by Gasteiger charge is -2.03. The van der Waals surface area contributed by atoms with Gasteiger partial charge in [0.05, 0.1) is 12.1 Å². The van der Waals surface area contributed by atoms with Crippen LogP contribution in [0.25, 0.3) is 11.0 Å². The van der Waals surface area contributed by atoms with Crippen molar-refractivity contribution in [3.8, 4) is 0 Å². The molecule has 0 amide bonds. The lowest BCUT2D eigenvalue weighted by molar-refractivity contribution is 0.590. The number of thiazole rings is 1. The molecule has 0 aliphatic carbocycles. The number of imidazole rings is 1. The molecule has 0 saturated carbocycles. The van der Waals surface area contributed by atoms with Gasteiger partial charge in [0.1, 0.15) is 16.3 Å². The zero-order valence-electron chi connectivity index (χ0n) is 10.0. The Labute approximate surface area is 111 Å². The molecular formula is C12H10F2N4S. The maximum Gasteiger partial charge on any atom is 0.201 e. The van der Waals surface area contributed by atoms with E-state index in [1.54, 1.807) is 4.57 Å². The van der Waals surface area contributed by atoms with Crippen molar-refractivity contribution in [1.82, 2.24) is 14.5 Å². The van der Waals surface area contributed by atoms with Crippen molar-refractivity contribution in [2.75, 3.05) is 5.73 Å². The minimum atomic E-state index is -0.712. The van der Waals surface area contributed by atoms with Crippen molar-refractivity contribution in [2.45, 2.75) is 13.5 Å². The summed E-state index contributed by atoms with van der Waals surface area (Å²) >= 11 is 1.47. The third-order valence-electron chi connectivity index (χ3n) is 2.76. The molecule has 2 heterocycles. The number of nitrogens with two attached hydrogens (primary N) is 1. The van der Waals surface area contributed by atoms with E-state index in [0.29, 0.717) is 12.1 Å². The smallest absolute Gasteiger partial charge is 0.201 e. The molecule has 2 N–H and O–H groups in total. The van der Waals surface area contributed by atoms with Crippen LogP contribution in [0.4, 0.5) is 14.7 Å². The van der Waals surface area contributed by atoms with Gasteiger partial charge in [-0.3, -0.25) is 0 Å². The standard InChI is InChI=1S/C12H10F2N4S/c1-6-5-19-10(16-6)4-18-9-3-7(13)2-8(14)11(9)17-12(18)15/h2-3,5H,4H2,1H3,(H2,15,17).